The van der Waals surface area contributed by atoms with Crippen molar-refractivity contribution in [3.8, 4) is 5.75 Å². The molecule has 0 saturated carbocycles. The fourth-order valence-electron chi connectivity index (χ4n) is 1.33. The first-order chi connectivity index (χ1) is 8.19. The second kappa shape index (κ2) is 5.33. The zero-order chi connectivity index (χ0) is 12.3. The van der Waals surface area contributed by atoms with E-state index < -0.39 is 0 Å². The van der Waals surface area contributed by atoms with Gasteiger partial charge < -0.3 is 14.9 Å². The van der Waals surface area contributed by atoms with Crippen molar-refractivity contribution in [1.29, 1.82) is 0 Å². The Morgan fingerprint density at radius 3 is 2.82 bits per heavy atom. The zero-order valence-corrected chi connectivity index (χ0v) is 10.5. The van der Waals surface area contributed by atoms with E-state index in [9.17, 15) is 4.39 Å². The Morgan fingerprint density at radius 2 is 2.18 bits per heavy atom. The first-order valence-corrected chi connectivity index (χ1v) is 5.82. The molecule has 0 atom stereocenters. The van der Waals surface area contributed by atoms with Gasteiger partial charge in [0.1, 0.15) is 23.9 Å². The summed E-state index contributed by atoms with van der Waals surface area (Å²) in [5, 5.41) is 0. The second-order valence-corrected chi connectivity index (χ2v) is 4.34. The maximum Gasteiger partial charge on any atom is 0.146 e. The SMILES string of the molecule is NCc1coc(COc2ccc(Br)c(F)c2)c1. The minimum absolute atomic E-state index is 0.251. The van der Waals surface area contributed by atoms with E-state index in [0.29, 0.717) is 22.5 Å². The number of halogens is 2. The molecule has 0 saturated heterocycles. The molecule has 1 aromatic carbocycles. The van der Waals surface area contributed by atoms with Crippen LogP contribution in [0.15, 0.2) is 39.4 Å². The van der Waals surface area contributed by atoms with Crippen LogP contribution in [0.3, 0.4) is 0 Å². The van der Waals surface area contributed by atoms with Gasteiger partial charge in [-0.2, -0.15) is 0 Å². The Morgan fingerprint density at radius 1 is 1.35 bits per heavy atom. The predicted molar refractivity (Wildman–Crippen MR) is 65.0 cm³/mol. The van der Waals surface area contributed by atoms with Gasteiger partial charge in [-0.05, 0) is 34.1 Å². The molecule has 2 N–H and O–H groups in total. The number of benzene rings is 1. The number of hydrogen-bond acceptors (Lipinski definition) is 3. The van der Waals surface area contributed by atoms with E-state index in [0.717, 1.165) is 5.56 Å². The van der Waals surface area contributed by atoms with Crippen molar-refractivity contribution in [3.63, 3.8) is 0 Å². The fraction of sp³-hybridized carbons (Fsp3) is 0.167. The molecule has 0 fully saturated rings. The second-order valence-electron chi connectivity index (χ2n) is 3.49. The van der Waals surface area contributed by atoms with Gasteiger partial charge in [0, 0.05) is 18.2 Å². The molecule has 1 aromatic heterocycles. The summed E-state index contributed by atoms with van der Waals surface area (Å²) in [6.07, 6.45) is 1.58. The van der Waals surface area contributed by atoms with Crippen LogP contribution in [-0.4, -0.2) is 0 Å². The van der Waals surface area contributed by atoms with Crippen LogP contribution in [-0.2, 0) is 13.2 Å². The normalized spacial score (nSPS) is 10.5. The van der Waals surface area contributed by atoms with Crippen LogP contribution in [0, 0.1) is 5.82 Å². The van der Waals surface area contributed by atoms with E-state index in [1.54, 1.807) is 18.4 Å². The molecule has 0 unspecified atom stereocenters. The van der Waals surface area contributed by atoms with Crippen LogP contribution in [0.25, 0.3) is 0 Å². The minimum atomic E-state index is -0.357. The highest BCUT2D eigenvalue weighted by Crippen LogP contribution is 2.21. The molecule has 90 valence electrons. The van der Waals surface area contributed by atoms with E-state index in [2.05, 4.69) is 15.9 Å². The molecule has 3 nitrogen and oxygen atoms in total. The summed E-state index contributed by atoms with van der Waals surface area (Å²) < 4.78 is 24.2. The lowest BCUT2D eigenvalue weighted by Crippen LogP contribution is -1.95. The summed E-state index contributed by atoms with van der Waals surface area (Å²) in [6, 6.07) is 6.41. The van der Waals surface area contributed by atoms with E-state index in [1.807, 2.05) is 6.07 Å². The van der Waals surface area contributed by atoms with Crippen LogP contribution >= 0.6 is 15.9 Å². The quantitative estimate of drug-likeness (QED) is 0.943. The third-order valence-electron chi connectivity index (χ3n) is 2.22. The molecule has 17 heavy (non-hydrogen) atoms. The number of furan rings is 1. The first kappa shape index (κ1) is 12.1. The average molecular weight is 300 g/mol. The zero-order valence-electron chi connectivity index (χ0n) is 8.95. The molecule has 0 bridgehead atoms. The lowest BCUT2D eigenvalue weighted by molar-refractivity contribution is 0.269. The maximum atomic E-state index is 13.2. The summed E-state index contributed by atoms with van der Waals surface area (Å²) in [6.45, 7) is 0.678. The van der Waals surface area contributed by atoms with Crippen molar-refractivity contribution in [2.45, 2.75) is 13.2 Å². The van der Waals surface area contributed by atoms with Gasteiger partial charge in [-0.25, -0.2) is 4.39 Å². The molecule has 1 heterocycles. The van der Waals surface area contributed by atoms with Crippen molar-refractivity contribution in [2.24, 2.45) is 5.73 Å². The van der Waals surface area contributed by atoms with Gasteiger partial charge in [0.15, 0.2) is 0 Å². The molecule has 0 amide bonds. The Labute approximate surface area is 106 Å². The molecule has 5 heteroatoms. The predicted octanol–water partition coefficient (Wildman–Crippen LogP) is 3.22. The van der Waals surface area contributed by atoms with E-state index in [1.165, 1.54) is 6.07 Å². The molecular weight excluding hydrogens is 289 g/mol. The third-order valence-corrected chi connectivity index (χ3v) is 2.86. The molecule has 2 rings (SSSR count). The molecule has 0 aliphatic carbocycles. The Hall–Kier alpha value is -1.33. The van der Waals surface area contributed by atoms with Crippen molar-refractivity contribution in [2.75, 3.05) is 0 Å². The molecule has 0 aliphatic rings. The van der Waals surface area contributed by atoms with E-state index in [4.69, 9.17) is 14.9 Å². The lowest BCUT2D eigenvalue weighted by Gasteiger charge is -2.04. The van der Waals surface area contributed by atoms with Gasteiger partial charge >= 0.3 is 0 Å². The van der Waals surface area contributed by atoms with Gasteiger partial charge in [-0.3, -0.25) is 0 Å². The number of nitrogens with two attached hydrogens (primary N) is 1. The van der Waals surface area contributed by atoms with Crippen molar-refractivity contribution in [3.05, 3.63) is 52.1 Å². The lowest BCUT2D eigenvalue weighted by atomic mass is 10.3. The van der Waals surface area contributed by atoms with Crippen molar-refractivity contribution in [1.82, 2.24) is 0 Å². The van der Waals surface area contributed by atoms with Crippen molar-refractivity contribution < 1.29 is 13.5 Å². The van der Waals surface area contributed by atoms with Gasteiger partial charge in [-0.1, -0.05) is 0 Å². The Balaban J connectivity index is 1.99. The van der Waals surface area contributed by atoms with Crippen LogP contribution in [0.4, 0.5) is 4.39 Å². The van der Waals surface area contributed by atoms with Crippen molar-refractivity contribution >= 4 is 15.9 Å². The minimum Gasteiger partial charge on any atom is -0.486 e. The standard InChI is InChI=1S/C12H11BrFNO2/c13-11-2-1-9(4-12(11)14)17-7-10-3-8(5-15)6-16-10/h1-4,6H,5,7,15H2. The third kappa shape index (κ3) is 3.08. The molecule has 0 spiro atoms. The number of rotatable bonds is 4. The van der Waals surface area contributed by atoms with Crippen LogP contribution in [0.2, 0.25) is 0 Å². The van der Waals surface area contributed by atoms with Gasteiger partial charge in [-0.15, -0.1) is 0 Å². The average Bonchev–Trinajstić information content (AvgIpc) is 2.79. The fourth-order valence-corrected chi connectivity index (χ4v) is 1.58. The smallest absolute Gasteiger partial charge is 0.146 e. The Kier molecular flexibility index (Phi) is 3.81. The largest absolute Gasteiger partial charge is 0.486 e. The molecule has 0 aliphatic heterocycles. The highest BCUT2D eigenvalue weighted by atomic mass is 79.9. The summed E-state index contributed by atoms with van der Waals surface area (Å²) >= 11 is 3.08. The van der Waals surface area contributed by atoms with Crippen LogP contribution in [0.1, 0.15) is 11.3 Å². The molecule has 2 aromatic rings. The number of hydrogen-bond donors (Lipinski definition) is 1. The number of ether oxygens (including phenoxy) is 1. The molecular formula is C12H11BrFNO2. The monoisotopic (exact) mass is 299 g/mol. The van der Waals surface area contributed by atoms with Crippen LogP contribution in [0.5, 0.6) is 5.75 Å². The maximum absolute atomic E-state index is 13.2. The van der Waals surface area contributed by atoms with Gasteiger partial charge in [0.05, 0.1) is 10.7 Å². The summed E-state index contributed by atoms with van der Waals surface area (Å²) in [5.74, 6) is 0.759. The first-order valence-electron chi connectivity index (χ1n) is 5.03. The molecule has 0 radical (unpaired) electrons. The summed E-state index contributed by atoms with van der Waals surface area (Å²) in [4.78, 5) is 0. The highest BCUT2D eigenvalue weighted by Gasteiger charge is 2.04. The van der Waals surface area contributed by atoms with E-state index >= 15 is 0 Å². The van der Waals surface area contributed by atoms with E-state index in [-0.39, 0.29) is 12.4 Å². The van der Waals surface area contributed by atoms with Crippen LogP contribution < -0.4 is 10.5 Å². The van der Waals surface area contributed by atoms with Gasteiger partial charge in [0.2, 0.25) is 0 Å². The Bertz CT molecular complexity index is 513. The highest BCUT2D eigenvalue weighted by molar-refractivity contribution is 9.10. The summed E-state index contributed by atoms with van der Waals surface area (Å²) in [5.41, 5.74) is 6.36. The summed E-state index contributed by atoms with van der Waals surface area (Å²) in [7, 11) is 0. The topological polar surface area (TPSA) is 48.4 Å². The van der Waals surface area contributed by atoms with Gasteiger partial charge in [0.25, 0.3) is 0 Å².